The van der Waals surface area contributed by atoms with Crippen molar-refractivity contribution in [3.63, 3.8) is 0 Å². The van der Waals surface area contributed by atoms with E-state index < -0.39 is 29.6 Å². The van der Waals surface area contributed by atoms with Gasteiger partial charge in [0, 0.05) is 12.5 Å². The summed E-state index contributed by atoms with van der Waals surface area (Å²) in [5, 5.41) is 12.4. The fourth-order valence-electron chi connectivity index (χ4n) is 4.49. The maximum absolute atomic E-state index is 13.3. The molecule has 1 saturated carbocycles. The Morgan fingerprint density at radius 1 is 1.24 bits per heavy atom. The molecule has 0 bridgehead atoms. The zero-order valence-corrected chi connectivity index (χ0v) is 17.6. The number of benzene rings is 1. The third-order valence-electron chi connectivity index (χ3n) is 6.33. The number of nitrogens with one attached hydrogen (secondary N) is 1. The van der Waals surface area contributed by atoms with Crippen LogP contribution in [0.15, 0.2) is 30.3 Å². The predicted octanol–water partition coefficient (Wildman–Crippen LogP) is 2.90. The summed E-state index contributed by atoms with van der Waals surface area (Å²) in [7, 11) is 0. The highest BCUT2D eigenvalue weighted by molar-refractivity contribution is 5.91. The molecule has 3 rings (SSSR count). The molecule has 2 fully saturated rings. The van der Waals surface area contributed by atoms with Gasteiger partial charge in [-0.1, -0.05) is 65.0 Å². The van der Waals surface area contributed by atoms with E-state index in [1.54, 1.807) is 0 Å². The molecular formula is C22H30N2O5. The first kappa shape index (κ1) is 21.1. The van der Waals surface area contributed by atoms with Gasteiger partial charge in [0.2, 0.25) is 5.91 Å². The van der Waals surface area contributed by atoms with Crippen molar-refractivity contribution in [3.05, 3.63) is 35.9 Å². The SMILES string of the molecule is CC(C)(C)C(NC(=O)OCc1ccccc1)C(=O)N1C[C@H]2[C@@H]([C@H]1C(=O)O)C2(C)C. The number of hydrogen-bond donors (Lipinski definition) is 2. The number of aliphatic carboxylic acids is 1. The summed E-state index contributed by atoms with van der Waals surface area (Å²) in [5.41, 5.74) is 0.168. The lowest BCUT2D eigenvalue weighted by molar-refractivity contribution is -0.152. The van der Waals surface area contributed by atoms with Crippen molar-refractivity contribution in [3.8, 4) is 0 Å². The minimum atomic E-state index is -0.990. The number of likely N-dealkylation sites (tertiary alicyclic amines) is 1. The number of ether oxygens (including phenoxy) is 1. The minimum Gasteiger partial charge on any atom is -0.480 e. The second kappa shape index (κ2) is 7.35. The molecule has 158 valence electrons. The molecule has 1 unspecified atom stereocenters. The van der Waals surface area contributed by atoms with Gasteiger partial charge in [-0.25, -0.2) is 9.59 Å². The molecular weight excluding hydrogens is 372 g/mol. The Morgan fingerprint density at radius 3 is 2.41 bits per heavy atom. The van der Waals surface area contributed by atoms with Crippen LogP contribution in [0.3, 0.4) is 0 Å². The summed E-state index contributed by atoms with van der Waals surface area (Å²) in [6, 6.07) is 7.53. The monoisotopic (exact) mass is 402 g/mol. The predicted molar refractivity (Wildman–Crippen MR) is 107 cm³/mol. The van der Waals surface area contributed by atoms with Crippen LogP contribution >= 0.6 is 0 Å². The van der Waals surface area contributed by atoms with Crippen LogP contribution < -0.4 is 5.32 Å². The number of carboxylic acids is 1. The van der Waals surface area contributed by atoms with Gasteiger partial charge in [-0.05, 0) is 22.3 Å². The van der Waals surface area contributed by atoms with E-state index in [4.69, 9.17) is 4.74 Å². The van der Waals surface area contributed by atoms with Crippen molar-refractivity contribution in [2.75, 3.05) is 6.54 Å². The van der Waals surface area contributed by atoms with Crippen molar-refractivity contribution in [2.45, 2.75) is 53.3 Å². The molecule has 29 heavy (non-hydrogen) atoms. The number of fused-ring (bicyclic) bond motifs is 1. The largest absolute Gasteiger partial charge is 0.480 e. The molecule has 2 N–H and O–H groups in total. The Kier molecular flexibility index (Phi) is 5.36. The van der Waals surface area contributed by atoms with Gasteiger partial charge in [-0.15, -0.1) is 0 Å². The standard InChI is InChI=1S/C22H30N2O5/c1-21(2,3)17(23-20(28)29-12-13-9-7-6-8-10-13)18(25)24-11-14-15(22(14,4)5)16(24)19(26)27/h6-10,14-17H,11-12H2,1-5H3,(H,23,28)(H,26,27)/t14-,15-,16-,17?/m0/s1. The second-order valence-electron chi connectivity index (χ2n) is 9.73. The molecule has 2 aliphatic rings. The normalized spacial score (nSPS) is 25.7. The van der Waals surface area contributed by atoms with Crippen molar-refractivity contribution in [1.82, 2.24) is 10.2 Å². The average molecular weight is 402 g/mol. The number of carboxylic acid groups (broad SMARTS) is 1. The second-order valence-corrected chi connectivity index (χ2v) is 9.73. The third-order valence-corrected chi connectivity index (χ3v) is 6.33. The summed E-state index contributed by atoms with van der Waals surface area (Å²) in [5.74, 6) is -1.23. The zero-order valence-electron chi connectivity index (χ0n) is 17.6. The maximum Gasteiger partial charge on any atom is 0.408 e. The first-order valence-corrected chi connectivity index (χ1v) is 9.95. The highest BCUT2D eigenvalue weighted by Crippen LogP contribution is 2.65. The number of hydrogen-bond acceptors (Lipinski definition) is 4. The summed E-state index contributed by atoms with van der Waals surface area (Å²) in [6.45, 7) is 10.1. The molecule has 1 aliphatic carbocycles. The van der Waals surface area contributed by atoms with Crippen LogP contribution in [-0.4, -0.2) is 46.6 Å². The maximum atomic E-state index is 13.3. The summed E-state index contributed by atoms with van der Waals surface area (Å²) < 4.78 is 5.27. The first-order chi connectivity index (χ1) is 13.4. The van der Waals surface area contributed by atoms with Gasteiger partial charge in [-0.2, -0.15) is 0 Å². The number of amides is 2. The van der Waals surface area contributed by atoms with E-state index in [1.807, 2.05) is 65.0 Å². The van der Waals surface area contributed by atoms with Gasteiger partial charge < -0.3 is 20.1 Å². The third kappa shape index (κ3) is 4.09. The summed E-state index contributed by atoms with van der Waals surface area (Å²) >= 11 is 0. The topological polar surface area (TPSA) is 95.9 Å². The van der Waals surface area contributed by atoms with E-state index >= 15 is 0 Å². The molecule has 0 aromatic heterocycles. The fourth-order valence-corrected chi connectivity index (χ4v) is 4.49. The fraction of sp³-hybridized carbons (Fsp3) is 0.591. The van der Waals surface area contributed by atoms with Gasteiger partial charge >= 0.3 is 12.1 Å². The van der Waals surface area contributed by atoms with Gasteiger partial charge in [-0.3, -0.25) is 4.79 Å². The van der Waals surface area contributed by atoms with Crippen LogP contribution in [0.25, 0.3) is 0 Å². The number of alkyl carbamates (subject to hydrolysis) is 1. The number of nitrogens with zero attached hydrogens (tertiary/aromatic N) is 1. The zero-order chi connectivity index (χ0) is 21.6. The van der Waals surface area contributed by atoms with Crippen molar-refractivity contribution < 1.29 is 24.2 Å². The molecule has 7 nitrogen and oxygen atoms in total. The average Bonchev–Trinajstić information content (AvgIpc) is 2.99. The quantitative estimate of drug-likeness (QED) is 0.790. The highest BCUT2D eigenvalue weighted by atomic mass is 16.5. The van der Waals surface area contributed by atoms with Gasteiger partial charge in [0.05, 0.1) is 0 Å². The Morgan fingerprint density at radius 2 is 1.86 bits per heavy atom. The Balaban J connectivity index is 1.69. The molecule has 1 aromatic rings. The molecule has 7 heteroatoms. The number of rotatable bonds is 5. The highest BCUT2D eigenvalue weighted by Gasteiger charge is 2.70. The number of carbonyl (C=O) groups excluding carboxylic acids is 2. The minimum absolute atomic E-state index is 0.0467. The van der Waals surface area contributed by atoms with E-state index in [-0.39, 0.29) is 29.8 Å². The summed E-state index contributed by atoms with van der Waals surface area (Å²) in [4.78, 5) is 39.0. The van der Waals surface area contributed by atoms with Crippen LogP contribution in [0.2, 0.25) is 0 Å². The molecule has 1 aromatic carbocycles. The Bertz CT molecular complexity index is 799. The van der Waals surface area contributed by atoms with Gasteiger partial charge in [0.1, 0.15) is 18.7 Å². The Hall–Kier alpha value is -2.57. The number of piperidine rings is 1. The van der Waals surface area contributed by atoms with Gasteiger partial charge in [0.25, 0.3) is 0 Å². The van der Waals surface area contributed by atoms with E-state index in [0.717, 1.165) is 5.56 Å². The van der Waals surface area contributed by atoms with Crippen LogP contribution in [0.5, 0.6) is 0 Å². The molecule has 2 amide bonds. The van der Waals surface area contributed by atoms with Gasteiger partial charge in [0.15, 0.2) is 0 Å². The first-order valence-electron chi connectivity index (χ1n) is 9.95. The van der Waals surface area contributed by atoms with Crippen LogP contribution in [-0.2, 0) is 20.9 Å². The lowest BCUT2D eigenvalue weighted by Crippen LogP contribution is -2.58. The number of carbonyl (C=O) groups is 3. The van der Waals surface area contributed by atoms with E-state index in [0.29, 0.717) is 6.54 Å². The lowest BCUT2D eigenvalue weighted by Gasteiger charge is -2.36. The Labute approximate surface area is 171 Å². The molecule has 1 saturated heterocycles. The molecule has 0 radical (unpaired) electrons. The summed E-state index contributed by atoms with van der Waals surface area (Å²) in [6.07, 6.45) is -0.696. The van der Waals surface area contributed by atoms with Crippen molar-refractivity contribution in [1.29, 1.82) is 0 Å². The van der Waals surface area contributed by atoms with E-state index in [1.165, 1.54) is 4.90 Å². The van der Waals surface area contributed by atoms with Crippen LogP contribution in [0.1, 0.15) is 40.2 Å². The van der Waals surface area contributed by atoms with E-state index in [2.05, 4.69) is 5.32 Å². The van der Waals surface area contributed by atoms with Crippen LogP contribution in [0.4, 0.5) is 4.79 Å². The van der Waals surface area contributed by atoms with Crippen LogP contribution in [0, 0.1) is 22.7 Å². The van der Waals surface area contributed by atoms with E-state index in [9.17, 15) is 19.5 Å². The van der Waals surface area contributed by atoms with Crippen molar-refractivity contribution in [2.24, 2.45) is 22.7 Å². The smallest absolute Gasteiger partial charge is 0.408 e. The lowest BCUT2D eigenvalue weighted by atomic mass is 9.85. The molecule has 0 spiro atoms. The van der Waals surface area contributed by atoms with Crippen molar-refractivity contribution >= 4 is 18.0 Å². The molecule has 4 atom stereocenters. The molecule has 1 aliphatic heterocycles. The molecule has 1 heterocycles.